The fourth-order valence-electron chi connectivity index (χ4n) is 5.70. The van der Waals surface area contributed by atoms with Crippen molar-refractivity contribution in [1.29, 1.82) is 0 Å². The van der Waals surface area contributed by atoms with Gasteiger partial charge in [-0.15, -0.1) is 0 Å². The summed E-state index contributed by atoms with van der Waals surface area (Å²) in [5.41, 5.74) is 3.17. The minimum Gasteiger partial charge on any atom is -0.371 e. The number of carbonyl (C=O) groups is 1. The fraction of sp³-hybridized carbons (Fsp3) is 0.548. The summed E-state index contributed by atoms with van der Waals surface area (Å²) in [5, 5.41) is 0. The topological polar surface area (TPSA) is 39.2 Å². The Kier molecular flexibility index (Phi) is 8.56. The van der Waals surface area contributed by atoms with Gasteiger partial charge in [0.1, 0.15) is 11.6 Å². The van der Waals surface area contributed by atoms with E-state index in [0.29, 0.717) is 17.0 Å². The SMILES string of the molecule is C=C(/C=C(/N=CC(=O)N1CCCCCC1C)N(C)/C(=C\C)C1(C)CC1)c1ccc(N2CCCC2)cc1F. The van der Waals surface area contributed by atoms with Gasteiger partial charge in [-0.2, -0.15) is 0 Å². The van der Waals surface area contributed by atoms with Crippen molar-refractivity contribution in [1.82, 2.24) is 9.80 Å². The molecule has 1 aromatic carbocycles. The van der Waals surface area contributed by atoms with Crippen molar-refractivity contribution in [3.63, 3.8) is 0 Å². The molecular weight excluding hydrogens is 463 g/mol. The molecule has 2 aliphatic heterocycles. The second kappa shape index (κ2) is 11.7. The van der Waals surface area contributed by atoms with E-state index in [1.165, 1.54) is 6.21 Å². The zero-order valence-electron chi connectivity index (χ0n) is 23.1. The number of hydrogen-bond acceptors (Lipinski definition) is 4. The number of hydrogen-bond donors (Lipinski definition) is 0. The van der Waals surface area contributed by atoms with Gasteiger partial charge in [0, 0.05) is 55.1 Å². The standard InChI is InChI=1S/C31H43FN4O/c1-6-28(31(4)15-16-31)34(5)29(33-22-30(37)36-19-9-7-8-12-24(36)3)20-23(2)26-14-13-25(21-27(26)32)35-17-10-11-18-35/h6,13-14,20-22,24H,2,7-12,15-19H2,1,3-5H3/b28-6-,29-20-,33-22?. The average Bonchev–Trinajstić information content (AvgIpc) is 3.44. The van der Waals surface area contributed by atoms with E-state index in [1.54, 1.807) is 12.1 Å². The number of anilines is 1. The van der Waals surface area contributed by atoms with Gasteiger partial charge in [-0.3, -0.25) is 4.79 Å². The lowest BCUT2D eigenvalue weighted by atomic mass is 10.0. The van der Waals surface area contributed by atoms with Gasteiger partial charge in [-0.05, 0) is 82.2 Å². The molecule has 1 saturated carbocycles. The van der Waals surface area contributed by atoms with Crippen molar-refractivity contribution < 1.29 is 9.18 Å². The summed E-state index contributed by atoms with van der Waals surface area (Å²) in [6, 6.07) is 5.61. The normalized spacial score (nSPS) is 22.4. The van der Waals surface area contributed by atoms with Crippen molar-refractivity contribution in [2.75, 3.05) is 31.6 Å². The maximum atomic E-state index is 15.2. The zero-order chi connectivity index (χ0) is 26.6. The smallest absolute Gasteiger partial charge is 0.265 e. The number of halogens is 1. The average molecular weight is 507 g/mol. The molecule has 0 bridgehead atoms. The number of aliphatic imine (C=N–C) groups is 1. The van der Waals surface area contributed by atoms with Crippen LogP contribution in [-0.2, 0) is 4.79 Å². The van der Waals surface area contributed by atoms with Crippen molar-refractivity contribution in [2.24, 2.45) is 10.4 Å². The van der Waals surface area contributed by atoms with E-state index in [-0.39, 0.29) is 23.2 Å². The molecule has 1 aromatic rings. The number of carbonyl (C=O) groups excluding carboxylic acids is 1. The lowest BCUT2D eigenvalue weighted by molar-refractivity contribution is -0.125. The number of allylic oxidation sites excluding steroid dienone is 4. The Bertz CT molecular complexity index is 1090. The molecule has 0 aromatic heterocycles. The highest BCUT2D eigenvalue weighted by Crippen LogP contribution is 2.52. The Morgan fingerprint density at radius 3 is 2.51 bits per heavy atom. The first-order chi connectivity index (χ1) is 17.7. The zero-order valence-corrected chi connectivity index (χ0v) is 23.1. The van der Waals surface area contributed by atoms with Crippen LogP contribution in [0.1, 0.15) is 77.7 Å². The fourth-order valence-corrected chi connectivity index (χ4v) is 5.70. The monoisotopic (exact) mass is 506 g/mol. The van der Waals surface area contributed by atoms with Crippen molar-refractivity contribution in [3.05, 3.63) is 59.8 Å². The molecule has 1 aliphatic carbocycles. The van der Waals surface area contributed by atoms with Crippen LogP contribution in [0.15, 0.2) is 53.4 Å². The predicted octanol–water partition coefficient (Wildman–Crippen LogP) is 6.78. The van der Waals surface area contributed by atoms with Crippen molar-refractivity contribution in [3.8, 4) is 0 Å². The molecule has 2 heterocycles. The van der Waals surface area contributed by atoms with E-state index in [2.05, 4.69) is 36.4 Å². The lowest BCUT2D eigenvalue weighted by Gasteiger charge is -2.28. The highest BCUT2D eigenvalue weighted by Gasteiger charge is 2.43. The van der Waals surface area contributed by atoms with Gasteiger partial charge >= 0.3 is 0 Å². The van der Waals surface area contributed by atoms with E-state index in [0.717, 1.165) is 82.4 Å². The van der Waals surface area contributed by atoms with E-state index in [1.807, 2.05) is 35.9 Å². The maximum Gasteiger partial charge on any atom is 0.265 e. The van der Waals surface area contributed by atoms with Crippen LogP contribution in [0.2, 0.25) is 0 Å². The molecule has 3 fully saturated rings. The van der Waals surface area contributed by atoms with Gasteiger partial charge in [0.25, 0.3) is 5.91 Å². The number of likely N-dealkylation sites (tertiary alicyclic amines) is 1. The molecule has 0 N–H and O–H groups in total. The van der Waals surface area contributed by atoms with Gasteiger partial charge in [-0.25, -0.2) is 9.38 Å². The Morgan fingerprint density at radius 2 is 1.86 bits per heavy atom. The van der Waals surface area contributed by atoms with Crippen LogP contribution in [0.3, 0.4) is 0 Å². The van der Waals surface area contributed by atoms with Crippen molar-refractivity contribution >= 4 is 23.4 Å². The summed E-state index contributed by atoms with van der Waals surface area (Å²) in [7, 11) is 1.97. The first kappa shape index (κ1) is 27.2. The molecule has 1 atom stereocenters. The van der Waals surface area contributed by atoms with Gasteiger partial charge in [0.05, 0.1) is 6.21 Å². The summed E-state index contributed by atoms with van der Waals surface area (Å²) in [6.45, 7) is 13.3. The minimum absolute atomic E-state index is 0.0693. The predicted molar refractivity (Wildman–Crippen MR) is 152 cm³/mol. The first-order valence-corrected chi connectivity index (χ1v) is 13.9. The first-order valence-electron chi connectivity index (χ1n) is 13.9. The Balaban J connectivity index is 1.61. The second-order valence-corrected chi connectivity index (χ2v) is 11.2. The molecule has 200 valence electrons. The van der Waals surface area contributed by atoms with Gasteiger partial charge in [-0.1, -0.05) is 32.4 Å². The number of amides is 1. The Hall–Kier alpha value is -2.89. The number of rotatable bonds is 8. The molecule has 3 aliphatic rings. The summed E-state index contributed by atoms with van der Waals surface area (Å²) in [5.74, 6) is 0.233. The van der Waals surface area contributed by atoms with Gasteiger partial charge in [0.2, 0.25) is 0 Å². The molecule has 1 unspecified atom stereocenters. The third kappa shape index (κ3) is 6.34. The quantitative estimate of drug-likeness (QED) is 0.288. The summed E-state index contributed by atoms with van der Waals surface area (Å²) in [6.07, 6.45) is 14.2. The van der Waals surface area contributed by atoms with Crippen LogP contribution in [0, 0.1) is 11.2 Å². The largest absolute Gasteiger partial charge is 0.371 e. The molecule has 0 spiro atoms. The molecule has 2 saturated heterocycles. The molecule has 5 nitrogen and oxygen atoms in total. The van der Waals surface area contributed by atoms with Crippen molar-refractivity contribution in [2.45, 2.75) is 78.2 Å². The Morgan fingerprint density at radius 1 is 1.16 bits per heavy atom. The van der Waals surface area contributed by atoms with Crippen LogP contribution >= 0.6 is 0 Å². The molecule has 4 rings (SSSR count). The minimum atomic E-state index is -0.286. The summed E-state index contributed by atoms with van der Waals surface area (Å²) >= 11 is 0. The highest BCUT2D eigenvalue weighted by molar-refractivity contribution is 6.26. The van der Waals surface area contributed by atoms with E-state index < -0.39 is 0 Å². The highest BCUT2D eigenvalue weighted by atomic mass is 19.1. The third-order valence-electron chi connectivity index (χ3n) is 8.31. The summed E-state index contributed by atoms with van der Waals surface area (Å²) in [4.78, 5) is 24.0. The molecule has 1 amide bonds. The van der Waals surface area contributed by atoms with Crippen LogP contribution in [-0.4, -0.2) is 54.6 Å². The lowest BCUT2D eigenvalue weighted by Crippen LogP contribution is -2.39. The third-order valence-corrected chi connectivity index (χ3v) is 8.31. The summed E-state index contributed by atoms with van der Waals surface area (Å²) < 4.78 is 15.2. The number of benzene rings is 1. The van der Waals surface area contributed by atoms with E-state index in [9.17, 15) is 4.79 Å². The van der Waals surface area contributed by atoms with Crippen LogP contribution in [0.5, 0.6) is 0 Å². The van der Waals surface area contributed by atoms with Crippen LogP contribution in [0.25, 0.3) is 5.57 Å². The molecule has 37 heavy (non-hydrogen) atoms. The Labute approximate surface area is 222 Å². The number of nitrogens with zero attached hydrogens (tertiary/aromatic N) is 4. The van der Waals surface area contributed by atoms with Crippen LogP contribution < -0.4 is 4.90 Å². The second-order valence-electron chi connectivity index (χ2n) is 11.2. The van der Waals surface area contributed by atoms with Gasteiger partial charge in [0.15, 0.2) is 0 Å². The van der Waals surface area contributed by atoms with E-state index >= 15 is 4.39 Å². The molecular formula is C31H43FN4O. The maximum absolute atomic E-state index is 15.2. The van der Waals surface area contributed by atoms with Crippen LogP contribution in [0.4, 0.5) is 10.1 Å². The van der Waals surface area contributed by atoms with E-state index in [4.69, 9.17) is 0 Å². The molecule has 6 heteroatoms. The molecule has 0 radical (unpaired) electrons. The van der Waals surface area contributed by atoms with Gasteiger partial charge < -0.3 is 14.7 Å².